The summed E-state index contributed by atoms with van der Waals surface area (Å²) >= 11 is 0. The molecule has 1 heterocycles. The van der Waals surface area contributed by atoms with E-state index in [0.717, 1.165) is 30.3 Å². The average molecular weight is 390 g/mol. The van der Waals surface area contributed by atoms with Crippen LogP contribution in [0, 0.1) is 0 Å². The summed E-state index contributed by atoms with van der Waals surface area (Å²) in [5, 5.41) is 2.33. The zero-order valence-corrected chi connectivity index (χ0v) is 14.2. The standard InChI is InChI=1S/C19H13F3N2O4/c20-19(21,22)12-5-7-13(8-6-12)23-16(25)11-27-18(26)10-9-17-24-14-3-1-2-4-15(14)28-17/h1-10H,11H2,(H,23,25)/b10-9+. The molecule has 0 aliphatic heterocycles. The predicted molar refractivity (Wildman–Crippen MR) is 94.1 cm³/mol. The molecule has 1 N–H and O–H groups in total. The van der Waals surface area contributed by atoms with Crippen molar-refractivity contribution in [2.24, 2.45) is 0 Å². The van der Waals surface area contributed by atoms with Crippen LogP contribution in [0.1, 0.15) is 11.5 Å². The Morgan fingerprint density at radius 2 is 1.82 bits per heavy atom. The number of hydrogen-bond donors (Lipinski definition) is 1. The molecule has 0 radical (unpaired) electrons. The number of esters is 1. The van der Waals surface area contributed by atoms with Crippen LogP contribution in [0.2, 0.25) is 0 Å². The highest BCUT2D eigenvalue weighted by atomic mass is 19.4. The molecule has 0 spiro atoms. The van der Waals surface area contributed by atoms with E-state index in [9.17, 15) is 22.8 Å². The van der Waals surface area contributed by atoms with Gasteiger partial charge in [0.15, 0.2) is 12.2 Å². The number of carbonyl (C=O) groups is 2. The molecule has 3 aromatic rings. The Balaban J connectivity index is 1.49. The lowest BCUT2D eigenvalue weighted by molar-refractivity contribution is -0.142. The average Bonchev–Trinajstić information content (AvgIpc) is 3.07. The van der Waals surface area contributed by atoms with Crippen molar-refractivity contribution in [3.63, 3.8) is 0 Å². The van der Waals surface area contributed by atoms with Gasteiger partial charge in [-0.2, -0.15) is 13.2 Å². The molecule has 0 aliphatic carbocycles. The number of oxazole rings is 1. The van der Waals surface area contributed by atoms with Gasteiger partial charge >= 0.3 is 12.1 Å². The first-order chi connectivity index (χ1) is 13.3. The predicted octanol–water partition coefficient (Wildman–Crippen LogP) is 4.04. The minimum absolute atomic E-state index is 0.149. The van der Waals surface area contributed by atoms with E-state index in [1.165, 1.54) is 6.08 Å². The van der Waals surface area contributed by atoms with E-state index in [1.54, 1.807) is 24.3 Å². The summed E-state index contributed by atoms with van der Waals surface area (Å²) in [6.07, 6.45) is -2.11. The maximum Gasteiger partial charge on any atom is 0.416 e. The number of amides is 1. The number of fused-ring (bicyclic) bond motifs is 1. The Hall–Kier alpha value is -3.62. The van der Waals surface area contributed by atoms with Crippen molar-refractivity contribution in [2.45, 2.75) is 6.18 Å². The van der Waals surface area contributed by atoms with Crippen LogP contribution in [0.3, 0.4) is 0 Å². The second-order valence-corrected chi connectivity index (χ2v) is 5.58. The van der Waals surface area contributed by atoms with Gasteiger partial charge in [-0.15, -0.1) is 0 Å². The Kier molecular flexibility index (Phi) is 5.44. The summed E-state index contributed by atoms with van der Waals surface area (Å²) in [4.78, 5) is 27.5. The van der Waals surface area contributed by atoms with E-state index in [2.05, 4.69) is 10.3 Å². The fourth-order valence-electron chi connectivity index (χ4n) is 2.23. The second kappa shape index (κ2) is 7.95. The van der Waals surface area contributed by atoms with E-state index in [4.69, 9.17) is 9.15 Å². The molecule has 144 valence electrons. The lowest BCUT2D eigenvalue weighted by Gasteiger charge is -2.08. The van der Waals surface area contributed by atoms with Gasteiger partial charge in [0.05, 0.1) is 5.56 Å². The Morgan fingerprint density at radius 3 is 2.50 bits per heavy atom. The third kappa shape index (κ3) is 4.97. The van der Waals surface area contributed by atoms with E-state index >= 15 is 0 Å². The number of benzene rings is 2. The molecule has 0 aliphatic rings. The number of nitrogens with zero attached hydrogens (tertiary/aromatic N) is 1. The van der Waals surface area contributed by atoms with Gasteiger partial charge in [0.1, 0.15) is 5.52 Å². The molecule has 0 atom stereocenters. The molecule has 28 heavy (non-hydrogen) atoms. The molecule has 0 bridgehead atoms. The summed E-state index contributed by atoms with van der Waals surface area (Å²) in [5.74, 6) is -1.29. The zero-order chi connectivity index (χ0) is 20.1. The topological polar surface area (TPSA) is 81.4 Å². The van der Waals surface area contributed by atoms with Crippen LogP contribution in [-0.4, -0.2) is 23.5 Å². The molecule has 9 heteroatoms. The number of halogens is 3. The van der Waals surface area contributed by atoms with Gasteiger partial charge in [0.25, 0.3) is 5.91 Å². The number of carbonyl (C=O) groups excluding carboxylic acids is 2. The van der Waals surface area contributed by atoms with Crippen LogP contribution >= 0.6 is 0 Å². The van der Waals surface area contributed by atoms with E-state index in [0.29, 0.717) is 11.1 Å². The van der Waals surface area contributed by atoms with Gasteiger partial charge in [-0.1, -0.05) is 12.1 Å². The fourth-order valence-corrected chi connectivity index (χ4v) is 2.23. The Morgan fingerprint density at radius 1 is 1.11 bits per heavy atom. The van der Waals surface area contributed by atoms with Crippen molar-refractivity contribution in [3.8, 4) is 0 Å². The minimum Gasteiger partial charge on any atom is -0.452 e. The highest BCUT2D eigenvalue weighted by molar-refractivity contribution is 5.94. The highest BCUT2D eigenvalue weighted by Gasteiger charge is 2.29. The summed E-state index contributed by atoms with van der Waals surface area (Å²) < 4.78 is 47.6. The maximum atomic E-state index is 12.5. The van der Waals surface area contributed by atoms with Gasteiger partial charge in [-0.3, -0.25) is 4.79 Å². The Bertz CT molecular complexity index is 991. The maximum absolute atomic E-state index is 12.5. The van der Waals surface area contributed by atoms with Crippen LogP contribution in [-0.2, 0) is 20.5 Å². The van der Waals surface area contributed by atoms with Gasteiger partial charge < -0.3 is 14.5 Å². The van der Waals surface area contributed by atoms with Gasteiger partial charge in [0, 0.05) is 17.8 Å². The first-order valence-corrected chi connectivity index (χ1v) is 7.99. The smallest absolute Gasteiger partial charge is 0.416 e. The van der Waals surface area contributed by atoms with Crippen molar-refractivity contribution in [3.05, 3.63) is 66.1 Å². The zero-order valence-electron chi connectivity index (χ0n) is 14.2. The number of hydrogen-bond acceptors (Lipinski definition) is 5. The third-order valence-electron chi connectivity index (χ3n) is 3.51. The monoisotopic (exact) mass is 390 g/mol. The quantitative estimate of drug-likeness (QED) is 0.525. The van der Waals surface area contributed by atoms with Crippen LogP contribution in [0.25, 0.3) is 17.2 Å². The molecule has 0 saturated heterocycles. The van der Waals surface area contributed by atoms with E-state index in [-0.39, 0.29) is 11.6 Å². The van der Waals surface area contributed by atoms with Crippen LogP contribution in [0.15, 0.2) is 59.0 Å². The van der Waals surface area contributed by atoms with Crippen LogP contribution in [0.5, 0.6) is 0 Å². The van der Waals surface area contributed by atoms with Crippen molar-refractivity contribution < 1.29 is 31.9 Å². The number of para-hydroxylation sites is 2. The highest BCUT2D eigenvalue weighted by Crippen LogP contribution is 2.29. The summed E-state index contributed by atoms with van der Waals surface area (Å²) in [7, 11) is 0. The molecule has 0 fully saturated rings. The first kappa shape index (κ1) is 19.2. The second-order valence-electron chi connectivity index (χ2n) is 5.58. The van der Waals surface area contributed by atoms with Crippen molar-refractivity contribution >= 4 is 34.7 Å². The summed E-state index contributed by atoms with van der Waals surface area (Å²) in [5.41, 5.74) is 0.509. The van der Waals surface area contributed by atoms with Crippen LogP contribution in [0.4, 0.5) is 18.9 Å². The lowest BCUT2D eigenvalue weighted by atomic mass is 10.2. The third-order valence-corrected chi connectivity index (χ3v) is 3.51. The van der Waals surface area contributed by atoms with Crippen molar-refractivity contribution in [1.82, 2.24) is 4.98 Å². The SMILES string of the molecule is O=C(COC(=O)/C=C/c1nc2ccccc2o1)Nc1ccc(C(F)(F)F)cc1. The van der Waals surface area contributed by atoms with Gasteiger partial charge in [-0.05, 0) is 36.4 Å². The first-order valence-electron chi connectivity index (χ1n) is 7.99. The number of alkyl halides is 3. The number of nitrogens with one attached hydrogen (secondary N) is 1. The molecule has 6 nitrogen and oxygen atoms in total. The number of anilines is 1. The molecule has 0 saturated carbocycles. The number of ether oxygens (including phenoxy) is 1. The number of aromatic nitrogens is 1. The molecule has 0 unspecified atom stereocenters. The van der Waals surface area contributed by atoms with Crippen LogP contribution < -0.4 is 5.32 Å². The summed E-state index contributed by atoms with van der Waals surface area (Å²) in [6, 6.07) is 10.9. The van der Waals surface area contributed by atoms with E-state index in [1.807, 2.05) is 0 Å². The Labute approximate surface area is 156 Å². The number of rotatable bonds is 5. The summed E-state index contributed by atoms with van der Waals surface area (Å²) in [6.45, 7) is -0.599. The molecule has 1 aromatic heterocycles. The lowest BCUT2D eigenvalue weighted by Crippen LogP contribution is -2.20. The normalized spacial score (nSPS) is 11.7. The fraction of sp³-hybridized carbons (Fsp3) is 0.105. The van der Waals surface area contributed by atoms with Gasteiger partial charge in [-0.25, -0.2) is 9.78 Å². The molecule has 2 aromatic carbocycles. The minimum atomic E-state index is -4.46. The van der Waals surface area contributed by atoms with E-state index < -0.39 is 30.2 Å². The molecular formula is C19H13F3N2O4. The largest absolute Gasteiger partial charge is 0.452 e. The molecular weight excluding hydrogens is 377 g/mol. The van der Waals surface area contributed by atoms with Gasteiger partial charge in [0.2, 0.25) is 5.89 Å². The molecule has 1 amide bonds. The molecule has 3 rings (SSSR count). The van der Waals surface area contributed by atoms with Crippen molar-refractivity contribution in [2.75, 3.05) is 11.9 Å². The van der Waals surface area contributed by atoms with Crippen molar-refractivity contribution in [1.29, 1.82) is 0 Å².